The summed E-state index contributed by atoms with van der Waals surface area (Å²) in [5.74, 6) is -0.350. The van der Waals surface area contributed by atoms with Crippen LogP contribution in [0.5, 0.6) is 0 Å². The van der Waals surface area contributed by atoms with Crippen LogP contribution in [0.25, 0.3) is 11.5 Å². The van der Waals surface area contributed by atoms with Gasteiger partial charge in [-0.05, 0) is 24.1 Å². The molecule has 0 aliphatic carbocycles. The largest absolute Gasteiger partial charge is 0.481 e. The number of urea groups is 1. The van der Waals surface area contributed by atoms with Crippen molar-refractivity contribution >= 4 is 12.0 Å². The lowest BCUT2D eigenvalue weighted by atomic mass is 10.1. The van der Waals surface area contributed by atoms with Crippen molar-refractivity contribution in [2.24, 2.45) is 5.92 Å². The quantitative estimate of drug-likeness (QED) is 0.747. The Bertz CT molecular complexity index is 742. The summed E-state index contributed by atoms with van der Waals surface area (Å²) in [5.41, 5.74) is 1.92. The van der Waals surface area contributed by atoms with Gasteiger partial charge >= 0.3 is 12.0 Å². The number of hydrogen-bond acceptors (Lipinski definition) is 5. The van der Waals surface area contributed by atoms with Gasteiger partial charge in [0.25, 0.3) is 5.89 Å². The molecule has 0 bridgehead atoms. The first-order chi connectivity index (χ1) is 12.4. The number of hydrogen-bond donors (Lipinski definition) is 2. The standard InChI is InChI=1S/C18H24N4O4/c1-4-15-20-16(26-21-15)14-7-5-13(6-8-14)9-10-19-18(25)22(3)11-12(2)17(23)24/h5-8,12H,4,9-11H2,1-3H3,(H,19,25)(H,23,24). The molecule has 0 radical (unpaired) electrons. The van der Waals surface area contributed by atoms with E-state index in [0.717, 1.165) is 17.5 Å². The van der Waals surface area contributed by atoms with E-state index in [1.54, 1.807) is 14.0 Å². The van der Waals surface area contributed by atoms with Crippen molar-refractivity contribution in [2.45, 2.75) is 26.7 Å². The number of carbonyl (C=O) groups excluding carboxylic acids is 1. The minimum absolute atomic E-state index is 0.166. The SMILES string of the molecule is CCc1noc(-c2ccc(CCNC(=O)N(C)CC(C)C(=O)O)cc2)n1. The van der Waals surface area contributed by atoms with Crippen LogP contribution in [0.2, 0.25) is 0 Å². The monoisotopic (exact) mass is 360 g/mol. The number of aliphatic carboxylic acids is 1. The maximum absolute atomic E-state index is 12.0. The van der Waals surface area contributed by atoms with Crippen molar-refractivity contribution in [3.05, 3.63) is 35.7 Å². The summed E-state index contributed by atoms with van der Waals surface area (Å²) in [6, 6.07) is 7.43. The Labute approximate surface area is 152 Å². The highest BCUT2D eigenvalue weighted by molar-refractivity contribution is 5.75. The lowest BCUT2D eigenvalue weighted by molar-refractivity contribution is -0.141. The Morgan fingerprint density at radius 3 is 2.58 bits per heavy atom. The van der Waals surface area contributed by atoms with E-state index in [1.165, 1.54) is 4.90 Å². The summed E-state index contributed by atoms with van der Waals surface area (Å²) in [6.45, 7) is 4.16. The molecule has 1 aromatic heterocycles. The zero-order valence-electron chi connectivity index (χ0n) is 15.2. The molecule has 2 N–H and O–H groups in total. The van der Waals surface area contributed by atoms with Gasteiger partial charge in [-0.2, -0.15) is 4.98 Å². The Balaban J connectivity index is 1.80. The molecule has 140 valence electrons. The van der Waals surface area contributed by atoms with E-state index < -0.39 is 11.9 Å². The number of nitrogens with one attached hydrogen (secondary N) is 1. The van der Waals surface area contributed by atoms with Gasteiger partial charge in [0, 0.05) is 32.1 Å². The van der Waals surface area contributed by atoms with Crippen LogP contribution >= 0.6 is 0 Å². The number of aryl methyl sites for hydroxylation is 1. The number of carboxylic acids is 1. The van der Waals surface area contributed by atoms with E-state index >= 15 is 0 Å². The number of nitrogens with zero attached hydrogens (tertiary/aromatic N) is 3. The molecule has 26 heavy (non-hydrogen) atoms. The molecule has 1 aromatic carbocycles. The van der Waals surface area contributed by atoms with Gasteiger partial charge in [-0.25, -0.2) is 4.79 Å². The first-order valence-corrected chi connectivity index (χ1v) is 8.54. The average molecular weight is 360 g/mol. The number of benzene rings is 1. The van der Waals surface area contributed by atoms with Gasteiger partial charge in [0.05, 0.1) is 5.92 Å². The van der Waals surface area contributed by atoms with Crippen LogP contribution in [0.4, 0.5) is 4.79 Å². The van der Waals surface area contributed by atoms with Gasteiger partial charge in [0.2, 0.25) is 0 Å². The van der Waals surface area contributed by atoms with Crippen LogP contribution in [-0.4, -0.2) is 52.3 Å². The maximum Gasteiger partial charge on any atom is 0.317 e. The second kappa shape index (κ2) is 8.98. The van der Waals surface area contributed by atoms with Crippen molar-refractivity contribution in [1.29, 1.82) is 0 Å². The number of carbonyl (C=O) groups is 2. The average Bonchev–Trinajstić information content (AvgIpc) is 3.11. The van der Waals surface area contributed by atoms with Crippen molar-refractivity contribution in [2.75, 3.05) is 20.1 Å². The summed E-state index contributed by atoms with van der Waals surface area (Å²) in [7, 11) is 1.58. The third-order valence-electron chi connectivity index (χ3n) is 3.99. The zero-order valence-corrected chi connectivity index (χ0v) is 15.2. The fourth-order valence-electron chi connectivity index (χ4n) is 2.35. The molecule has 8 heteroatoms. The Morgan fingerprint density at radius 1 is 1.31 bits per heavy atom. The van der Waals surface area contributed by atoms with Gasteiger partial charge in [0.15, 0.2) is 5.82 Å². The smallest absolute Gasteiger partial charge is 0.317 e. The molecule has 1 heterocycles. The lowest BCUT2D eigenvalue weighted by Gasteiger charge is -2.20. The van der Waals surface area contributed by atoms with Crippen molar-refractivity contribution in [3.8, 4) is 11.5 Å². The van der Waals surface area contributed by atoms with Crippen LogP contribution < -0.4 is 5.32 Å². The van der Waals surface area contributed by atoms with Crippen LogP contribution in [0.1, 0.15) is 25.2 Å². The topological polar surface area (TPSA) is 109 Å². The molecule has 2 aromatic rings. The van der Waals surface area contributed by atoms with Gasteiger partial charge in [-0.1, -0.05) is 31.1 Å². The molecule has 1 atom stereocenters. The van der Waals surface area contributed by atoms with E-state index in [9.17, 15) is 9.59 Å². The number of amides is 2. The van der Waals surface area contributed by atoms with Gasteiger partial charge < -0.3 is 19.8 Å². The Morgan fingerprint density at radius 2 is 2.00 bits per heavy atom. The van der Waals surface area contributed by atoms with Gasteiger partial charge in [0.1, 0.15) is 0 Å². The first kappa shape index (κ1) is 19.4. The fourth-order valence-corrected chi connectivity index (χ4v) is 2.35. The zero-order chi connectivity index (χ0) is 19.1. The molecule has 0 aliphatic rings. The van der Waals surface area contributed by atoms with Crippen LogP contribution in [0.15, 0.2) is 28.8 Å². The number of rotatable bonds is 8. The molecular weight excluding hydrogens is 336 g/mol. The minimum atomic E-state index is -0.919. The highest BCUT2D eigenvalue weighted by Gasteiger charge is 2.16. The van der Waals surface area contributed by atoms with Crippen LogP contribution in [0, 0.1) is 5.92 Å². The summed E-state index contributed by atoms with van der Waals surface area (Å²) in [6.07, 6.45) is 1.39. The van der Waals surface area contributed by atoms with E-state index in [0.29, 0.717) is 24.7 Å². The molecular formula is C18H24N4O4. The van der Waals surface area contributed by atoms with E-state index in [2.05, 4.69) is 15.5 Å². The second-order valence-electron chi connectivity index (χ2n) is 6.17. The highest BCUT2D eigenvalue weighted by atomic mass is 16.5. The Kier molecular flexibility index (Phi) is 6.71. The third-order valence-corrected chi connectivity index (χ3v) is 3.99. The molecule has 0 spiro atoms. The summed E-state index contributed by atoms with van der Waals surface area (Å²) in [5, 5.41) is 15.5. The van der Waals surface area contributed by atoms with E-state index in [4.69, 9.17) is 9.63 Å². The van der Waals surface area contributed by atoms with Crippen LogP contribution in [0.3, 0.4) is 0 Å². The summed E-state index contributed by atoms with van der Waals surface area (Å²) in [4.78, 5) is 28.5. The first-order valence-electron chi connectivity index (χ1n) is 8.54. The van der Waals surface area contributed by atoms with Crippen molar-refractivity contribution in [1.82, 2.24) is 20.4 Å². The highest BCUT2D eigenvalue weighted by Crippen LogP contribution is 2.18. The Hall–Kier alpha value is -2.90. The van der Waals surface area contributed by atoms with E-state index in [-0.39, 0.29) is 12.6 Å². The molecule has 1 unspecified atom stereocenters. The summed E-state index contributed by atoms with van der Waals surface area (Å²) < 4.78 is 5.20. The summed E-state index contributed by atoms with van der Waals surface area (Å²) >= 11 is 0. The number of carboxylic acid groups (broad SMARTS) is 1. The molecule has 0 saturated carbocycles. The molecule has 0 saturated heterocycles. The molecule has 0 aliphatic heterocycles. The molecule has 0 fully saturated rings. The minimum Gasteiger partial charge on any atom is -0.481 e. The third kappa shape index (κ3) is 5.30. The van der Waals surface area contributed by atoms with Gasteiger partial charge in [-0.3, -0.25) is 4.79 Å². The van der Waals surface area contributed by atoms with Gasteiger partial charge in [-0.15, -0.1) is 0 Å². The second-order valence-corrected chi connectivity index (χ2v) is 6.17. The number of aromatic nitrogens is 2. The van der Waals surface area contributed by atoms with Crippen molar-refractivity contribution < 1.29 is 19.2 Å². The lowest BCUT2D eigenvalue weighted by Crippen LogP contribution is -2.41. The molecule has 8 nitrogen and oxygen atoms in total. The maximum atomic E-state index is 12.0. The predicted octanol–water partition coefficient (Wildman–Crippen LogP) is 2.20. The normalized spacial score (nSPS) is 11.8. The predicted molar refractivity (Wildman–Crippen MR) is 95.6 cm³/mol. The van der Waals surface area contributed by atoms with Crippen molar-refractivity contribution in [3.63, 3.8) is 0 Å². The molecule has 2 rings (SSSR count). The van der Waals surface area contributed by atoms with E-state index in [1.807, 2.05) is 31.2 Å². The molecule has 2 amide bonds. The van der Waals surface area contributed by atoms with Crippen LogP contribution in [-0.2, 0) is 17.6 Å². The fraction of sp³-hybridized carbons (Fsp3) is 0.444.